The van der Waals surface area contributed by atoms with Crippen molar-refractivity contribution in [1.29, 1.82) is 0 Å². The van der Waals surface area contributed by atoms with Crippen LogP contribution in [0.5, 0.6) is 0 Å². The highest BCUT2D eigenvalue weighted by atomic mass is 16.1. The van der Waals surface area contributed by atoms with E-state index in [0.29, 0.717) is 18.5 Å². The average molecular weight is 221 g/mol. The van der Waals surface area contributed by atoms with Gasteiger partial charge in [0.15, 0.2) is 0 Å². The summed E-state index contributed by atoms with van der Waals surface area (Å²) in [5.74, 6) is 1.35. The molecule has 2 rings (SSSR count). The number of hydrogen-bond donors (Lipinski definition) is 2. The summed E-state index contributed by atoms with van der Waals surface area (Å²) in [5.41, 5.74) is 0.816. The molecule has 0 amide bonds. The maximum absolute atomic E-state index is 11.5. The van der Waals surface area contributed by atoms with Gasteiger partial charge in [-0.1, -0.05) is 20.3 Å². The van der Waals surface area contributed by atoms with Gasteiger partial charge in [-0.05, 0) is 12.8 Å². The summed E-state index contributed by atoms with van der Waals surface area (Å²) in [7, 11) is 0. The van der Waals surface area contributed by atoms with Crippen LogP contribution in [0.2, 0.25) is 0 Å². The summed E-state index contributed by atoms with van der Waals surface area (Å²) in [5, 5.41) is 3.28. The molecule has 2 N–H and O–H groups in total. The summed E-state index contributed by atoms with van der Waals surface area (Å²) in [4.78, 5) is 18.8. The molecule has 88 valence electrons. The van der Waals surface area contributed by atoms with Crippen LogP contribution in [0.4, 0.5) is 0 Å². The summed E-state index contributed by atoms with van der Waals surface area (Å²) in [6, 6.07) is 1.99. The van der Waals surface area contributed by atoms with Crippen LogP contribution in [0.25, 0.3) is 0 Å². The Hall–Kier alpha value is -1.16. The molecule has 1 aliphatic carbocycles. The van der Waals surface area contributed by atoms with Crippen LogP contribution in [0.1, 0.15) is 50.5 Å². The zero-order chi connectivity index (χ0) is 11.5. The van der Waals surface area contributed by atoms with Gasteiger partial charge in [0.2, 0.25) is 0 Å². The number of H-pyrrole nitrogens is 1. The molecule has 0 radical (unpaired) electrons. The number of hydrogen-bond acceptors (Lipinski definition) is 3. The number of aromatic nitrogens is 2. The van der Waals surface area contributed by atoms with Crippen LogP contribution in [-0.4, -0.2) is 16.0 Å². The smallest absolute Gasteiger partial charge is 0.251 e. The maximum Gasteiger partial charge on any atom is 0.251 e. The van der Waals surface area contributed by atoms with Crippen molar-refractivity contribution in [2.75, 3.05) is 0 Å². The standard InChI is InChI=1S/C12H19N3O/c1-8(2)13-7-10-6-11(16)15-12(14-10)9-4-3-5-9/h6,8-9,13H,3-5,7H2,1-2H3,(H,14,15,16). The van der Waals surface area contributed by atoms with E-state index in [0.717, 1.165) is 24.4 Å². The summed E-state index contributed by atoms with van der Waals surface area (Å²) >= 11 is 0. The second-order valence-electron chi connectivity index (χ2n) is 4.79. The molecule has 1 aromatic rings. The highest BCUT2D eigenvalue weighted by Gasteiger charge is 2.22. The van der Waals surface area contributed by atoms with E-state index in [4.69, 9.17) is 0 Å². The molecule has 0 bridgehead atoms. The molecular weight excluding hydrogens is 202 g/mol. The normalized spacial score (nSPS) is 16.4. The quantitative estimate of drug-likeness (QED) is 0.810. The fraction of sp³-hybridized carbons (Fsp3) is 0.667. The zero-order valence-electron chi connectivity index (χ0n) is 9.92. The number of rotatable bonds is 4. The van der Waals surface area contributed by atoms with Crippen LogP contribution >= 0.6 is 0 Å². The Labute approximate surface area is 95.5 Å². The fourth-order valence-electron chi connectivity index (χ4n) is 1.80. The van der Waals surface area contributed by atoms with Gasteiger partial charge in [0.1, 0.15) is 5.82 Å². The van der Waals surface area contributed by atoms with E-state index in [-0.39, 0.29) is 5.56 Å². The first-order chi connectivity index (χ1) is 7.65. The Morgan fingerprint density at radius 2 is 2.31 bits per heavy atom. The van der Waals surface area contributed by atoms with Gasteiger partial charge in [-0.25, -0.2) is 4.98 Å². The van der Waals surface area contributed by atoms with Gasteiger partial charge >= 0.3 is 0 Å². The molecule has 4 nitrogen and oxygen atoms in total. The van der Waals surface area contributed by atoms with Gasteiger partial charge in [0.25, 0.3) is 5.56 Å². The topological polar surface area (TPSA) is 57.8 Å². The molecule has 0 unspecified atom stereocenters. The predicted octanol–water partition coefficient (Wildman–Crippen LogP) is 1.54. The van der Waals surface area contributed by atoms with E-state index in [9.17, 15) is 4.79 Å². The molecule has 1 heterocycles. The molecule has 0 saturated heterocycles. The molecule has 1 aromatic heterocycles. The molecule has 0 atom stereocenters. The summed E-state index contributed by atoms with van der Waals surface area (Å²) in [6.07, 6.45) is 3.57. The van der Waals surface area contributed by atoms with Crippen molar-refractivity contribution in [3.8, 4) is 0 Å². The second-order valence-corrected chi connectivity index (χ2v) is 4.79. The molecule has 1 fully saturated rings. The summed E-state index contributed by atoms with van der Waals surface area (Å²) < 4.78 is 0. The first-order valence-electron chi connectivity index (χ1n) is 5.98. The van der Waals surface area contributed by atoms with Crippen LogP contribution in [0, 0.1) is 0 Å². The van der Waals surface area contributed by atoms with E-state index in [2.05, 4.69) is 29.1 Å². The van der Waals surface area contributed by atoms with Crippen molar-refractivity contribution >= 4 is 0 Å². The minimum Gasteiger partial charge on any atom is -0.310 e. The zero-order valence-corrected chi connectivity index (χ0v) is 9.92. The fourth-order valence-corrected chi connectivity index (χ4v) is 1.80. The van der Waals surface area contributed by atoms with Crippen molar-refractivity contribution in [3.05, 3.63) is 27.9 Å². The van der Waals surface area contributed by atoms with Gasteiger partial charge in [-0.2, -0.15) is 0 Å². The first-order valence-corrected chi connectivity index (χ1v) is 5.98. The lowest BCUT2D eigenvalue weighted by Crippen LogP contribution is -2.25. The van der Waals surface area contributed by atoms with Crippen LogP contribution < -0.4 is 10.9 Å². The van der Waals surface area contributed by atoms with Crippen LogP contribution in [0.15, 0.2) is 10.9 Å². The summed E-state index contributed by atoms with van der Waals surface area (Å²) in [6.45, 7) is 4.83. The van der Waals surface area contributed by atoms with E-state index >= 15 is 0 Å². The number of nitrogens with zero attached hydrogens (tertiary/aromatic N) is 1. The number of nitrogens with one attached hydrogen (secondary N) is 2. The molecular formula is C12H19N3O. The highest BCUT2D eigenvalue weighted by Crippen LogP contribution is 2.33. The Kier molecular flexibility index (Phi) is 3.39. The molecule has 1 saturated carbocycles. The average Bonchev–Trinajstić information content (AvgIpc) is 2.11. The van der Waals surface area contributed by atoms with Gasteiger partial charge in [-0.15, -0.1) is 0 Å². The Morgan fingerprint density at radius 3 is 2.88 bits per heavy atom. The van der Waals surface area contributed by atoms with Crippen molar-refractivity contribution in [2.45, 2.75) is 51.6 Å². The van der Waals surface area contributed by atoms with Crippen molar-refractivity contribution in [1.82, 2.24) is 15.3 Å². The SMILES string of the molecule is CC(C)NCc1cc(=O)[nH]c(C2CCC2)n1. The van der Waals surface area contributed by atoms with Gasteiger partial charge in [-0.3, -0.25) is 4.79 Å². The minimum atomic E-state index is -0.0301. The van der Waals surface area contributed by atoms with Gasteiger partial charge < -0.3 is 10.3 Å². The van der Waals surface area contributed by atoms with Gasteiger partial charge in [0.05, 0.1) is 5.69 Å². The Morgan fingerprint density at radius 1 is 1.56 bits per heavy atom. The van der Waals surface area contributed by atoms with E-state index in [1.54, 1.807) is 6.07 Å². The maximum atomic E-state index is 11.5. The van der Waals surface area contributed by atoms with Crippen LogP contribution in [0.3, 0.4) is 0 Å². The molecule has 0 aromatic carbocycles. The second kappa shape index (κ2) is 4.78. The molecule has 1 aliphatic rings. The monoisotopic (exact) mass is 221 g/mol. The number of aromatic amines is 1. The first kappa shape index (κ1) is 11.3. The highest BCUT2D eigenvalue weighted by molar-refractivity contribution is 5.08. The molecule has 0 aliphatic heterocycles. The van der Waals surface area contributed by atoms with E-state index < -0.39 is 0 Å². The van der Waals surface area contributed by atoms with Crippen molar-refractivity contribution in [2.24, 2.45) is 0 Å². The lowest BCUT2D eigenvalue weighted by Gasteiger charge is -2.24. The van der Waals surface area contributed by atoms with Crippen molar-refractivity contribution < 1.29 is 0 Å². The molecule has 16 heavy (non-hydrogen) atoms. The third-order valence-electron chi connectivity index (χ3n) is 3.00. The van der Waals surface area contributed by atoms with Gasteiger partial charge in [0, 0.05) is 24.6 Å². The Bertz CT molecular complexity index is 407. The largest absolute Gasteiger partial charge is 0.310 e. The molecule has 0 spiro atoms. The Balaban J connectivity index is 2.12. The van der Waals surface area contributed by atoms with E-state index in [1.165, 1.54) is 6.42 Å². The minimum absolute atomic E-state index is 0.0301. The van der Waals surface area contributed by atoms with Crippen LogP contribution in [-0.2, 0) is 6.54 Å². The predicted molar refractivity (Wildman–Crippen MR) is 63.4 cm³/mol. The lowest BCUT2D eigenvalue weighted by molar-refractivity contribution is 0.398. The molecule has 4 heteroatoms. The lowest BCUT2D eigenvalue weighted by atomic mass is 9.85. The third kappa shape index (κ3) is 2.70. The van der Waals surface area contributed by atoms with Crippen molar-refractivity contribution in [3.63, 3.8) is 0 Å². The third-order valence-corrected chi connectivity index (χ3v) is 3.00. The van der Waals surface area contributed by atoms with E-state index in [1.807, 2.05) is 0 Å².